The van der Waals surface area contributed by atoms with Crippen LogP contribution in [0.1, 0.15) is 27.2 Å². The highest BCUT2D eigenvalue weighted by molar-refractivity contribution is 5.73. The second-order valence-corrected chi connectivity index (χ2v) is 5.04. The predicted octanol–water partition coefficient (Wildman–Crippen LogP) is 2.88. The standard InChI is InChI=1S/C13H20N2O/c1-4-16-10-7-5-6-9(12(10)14)15-11-8-13(11,2)3/h5-7,11,15H,4,8,14H2,1-3H3. The summed E-state index contributed by atoms with van der Waals surface area (Å²) in [5, 5.41) is 3.47. The minimum absolute atomic E-state index is 0.397. The first-order valence-electron chi connectivity index (χ1n) is 5.82. The molecule has 1 atom stereocenters. The summed E-state index contributed by atoms with van der Waals surface area (Å²) in [7, 11) is 0. The third kappa shape index (κ3) is 2.08. The molecule has 0 heterocycles. The van der Waals surface area contributed by atoms with Crippen LogP contribution in [0.4, 0.5) is 11.4 Å². The Morgan fingerprint density at radius 2 is 2.19 bits per heavy atom. The Hall–Kier alpha value is -1.38. The summed E-state index contributed by atoms with van der Waals surface area (Å²) in [6.45, 7) is 7.12. The van der Waals surface area contributed by atoms with Gasteiger partial charge in [-0.05, 0) is 30.9 Å². The van der Waals surface area contributed by atoms with E-state index in [1.165, 1.54) is 6.42 Å². The van der Waals surface area contributed by atoms with E-state index in [0.717, 1.165) is 11.4 Å². The van der Waals surface area contributed by atoms with Crippen molar-refractivity contribution in [3.63, 3.8) is 0 Å². The normalized spacial score (nSPS) is 21.6. The maximum absolute atomic E-state index is 6.05. The van der Waals surface area contributed by atoms with E-state index in [1.54, 1.807) is 0 Å². The second kappa shape index (κ2) is 3.89. The first kappa shape index (κ1) is 11.1. The number of hydrogen-bond donors (Lipinski definition) is 2. The van der Waals surface area contributed by atoms with Crippen LogP contribution in [0.25, 0.3) is 0 Å². The average Bonchev–Trinajstić information content (AvgIpc) is 2.81. The molecule has 1 aliphatic carbocycles. The molecule has 3 nitrogen and oxygen atoms in total. The predicted molar refractivity (Wildman–Crippen MR) is 67.8 cm³/mol. The van der Waals surface area contributed by atoms with Gasteiger partial charge in [-0.1, -0.05) is 19.9 Å². The number of benzene rings is 1. The third-order valence-electron chi connectivity index (χ3n) is 3.21. The Bertz CT molecular complexity index is 388. The number of anilines is 2. The fourth-order valence-corrected chi connectivity index (χ4v) is 1.85. The van der Waals surface area contributed by atoms with Crippen molar-refractivity contribution in [2.45, 2.75) is 33.2 Å². The number of nitrogen functional groups attached to an aromatic ring is 1. The van der Waals surface area contributed by atoms with Gasteiger partial charge in [0.25, 0.3) is 0 Å². The molecule has 0 amide bonds. The van der Waals surface area contributed by atoms with Crippen molar-refractivity contribution in [3.05, 3.63) is 18.2 Å². The number of ether oxygens (including phenoxy) is 1. The molecule has 88 valence electrons. The number of para-hydroxylation sites is 1. The number of nitrogens with two attached hydrogens (primary N) is 1. The van der Waals surface area contributed by atoms with E-state index in [4.69, 9.17) is 10.5 Å². The van der Waals surface area contributed by atoms with Gasteiger partial charge in [0.15, 0.2) is 0 Å². The highest BCUT2D eigenvalue weighted by Gasteiger charge is 2.45. The van der Waals surface area contributed by atoms with Crippen molar-refractivity contribution >= 4 is 11.4 Å². The topological polar surface area (TPSA) is 47.3 Å². The highest BCUT2D eigenvalue weighted by Crippen LogP contribution is 2.47. The Morgan fingerprint density at radius 1 is 1.50 bits per heavy atom. The molecule has 0 bridgehead atoms. The fourth-order valence-electron chi connectivity index (χ4n) is 1.85. The SMILES string of the molecule is CCOc1cccc(NC2CC2(C)C)c1N. The molecule has 1 unspecified atom stereocenters. The van der Waals surface area contributed by atoms with Gasteiger partial charge in [-0.15, -0.1) is 0 Å². The lowest BCUT2D eigenvalue weighted by atomic mass is 10.2. The molecule has 1 fully saturated rings. The summed E-state index contributed by atoms with van der Waals surface area (Å²) in [5.74, 6) is 0.769. The summed E-state index contributed by atoms with van der Waals surface area (Å²) in [5.41, 5.74) is 8.15. The Labute approximate surface area is 97.0 Å². The molecule has 0 aliphatic heterocycles. The molecule has 16 heavy (non-hydrogen) atoms. The number of hydrogen-bond acceptors (Lipinski definition) is 3. The van der Waals surface area contributed by atoms with Crippen LogP contribution < -0.4 is 15.8 Å². The molecular weight excluding hydrogens is 200 g/mol. The van der Waals surface area contributed by atoms with Crippen LogP contribution in [0.2, 0.25) is 0 Å². The van der Waals surface area contributed by atoms with Crippen molar-refractivity contribution in [3.8, 4) is 5.75 Å². The van der Waals surface area contributed by atoms with E-state index in [9.17, 15) is 0 Å². The van der Waals surface area contributed by atoms with E-state index >= 15 is 0 Å². The van der Waals surface area contributed by atoms with Crippen molar-refractivity contribution in [2.24, 2.45) is 5.41 Å². The number of rotatable bonds is 4. The molecule has 0 radical (unpaired) electrons. The molecular formula is C13H20N2O. The van der Waals surface area contributed by atoms with E-state index in [1.807, 2.05) is 25.1 Å². The van der Waals surface area contributed by atoms with Crippen LogP contribution >= 0.6 is 0 Å². The minimum atomic E-state index is 0.397. The van der Waals surface area contributed by atoms with Crippen LogP contribution in [-0.2, 0) is 0 Å². The van der Waals surface area contributed by atoms with Gasteiger partial charge in [-0.25, -0.2) is 0 Å². The van der Waals surface area contributed by atoms with Crippen LogP contribution in [0, 0.1) is 5.41 Å². The average molecular weight is 220 g/mol. The van der Waals surface area contributed by atoms with E-state index in [2.05, 4.69) is 19.2 Å². The second-order valence-electron chi connectivity index (χ2n) is 5.04. The van der Waals surface area contributed by atoms with Crippen molar-refractivity contribution in [1.82, 2.24) is 0 Å². The van der Waals surface area contributed by atoms with Crippen LogP contribution in [0.5, 0.6) is 5.75 Å². The largest absolute Gasteiger partial charge is 0.492 e. The molecule has 0 spiro atoms. The first-order valence-corrected chi connectivity index (χ1v) is 5.82. The van der Waals surface area contributed by atoms with Gasteiger partial charge in [0.05, 0.1) is 18.0 Å². The van der Waals surface area contributed by atoms with Crippen molar-refractivity contribution < 1.29 is 4.74 Å². The van der Waals surface area contributed by atoms with Crippen LogP contribution in [0.15, 0.2) is 18.2 Å². The smallest absolute Gasteiger partial charge is 0.144 e. The summed E-state index contributed by atoms with van der Waals surface area (Å²) in [6, 6.07) is 6.42. The van der Waals surface area contributed by atoms with Gasteiger partial charge < -0.3 is 15.8 Å². The summed E-state index contributed by atoms with van der Waals surface area (Å²) >= 11 is 0. The third-order valence-corrected chi connectivity index (χ3v) is 3.21. The van der Waals surface area contributed by atoms with Gasteiger partial charge in [-0.2, -0.15) is 0 Å². The zero-order valence-corrected chi connectivity index (χ0v) is 10.2. The lowest BCUT2D eigenvalue weighted by Crippen LogP contribution is -2.10. The van der Waals surface area contributed by atoms with Gasteiger partial charge in [0, 0.05) is 6.04 Å². The van der Waals surface area contributed by atoms with E-state index in [0.29, 0.717) is 23.8 Å². The van der Waals surface area contributed by atoms with Gasteiger partial charge in [0.1, 0.15) is 5.75 Å². The highest BCUT2D eigenvalue weighted by atomic mass is 16.5. The van der Waals surface area contributed by atoms with Gasteiger partial charge in [-0.3, -0.25) is 0 Å². The lowest BCUT2D eigenvalue weighted by Gasteiger charge is -2.14. The number of nitrogens with one attached hydrogen (secondary N) is 1. The zero-order chi connectivity index (χ0) is 11.8. The quantitative estimate of drug-likeness (QED) is 0.767. The van der Waals surface area contributed by atoms with Gasteiger partial charge in [0.2, 0.25) is 0 Å². The molecule has 1 saturated carbocycles. The summed E-state index contributed by atoms with van der Waals surface area (Å²) < 4.78 is 5.47. The van der Waals surface area contributed by atoms with Crippen molar-refractivity contribution in [2.75, 3.05) is 17.7 Å². The molecule has 0 aromatic heterocycles. The molecule has 3 heteroatoms. The molecule has 1 aromatic carbocycles. The maximum Gasteiger partial charge on any atom is 0.144 e. The molecule has 1 aromatic rings. The minimum Gasteiger partial charge on any atom is -0.492 e. The summed E-state index contributed by atoms with van der Waals surface area (Å²) in [6.07, 6.45) is 1.20. The zero-order valence-electron chi connectivity index (χ0n) is 10.2. The monoisotopic (exact) mass is 220 g/mol. The molecule has 0 saturated heterocycles. The Morgan fingerprint density at radius 3 is 2.75 bits per heavy atom. The lowest BCUT2D eigenvalue weighted by molar-refractivity contribution is 0.342. The first-order chi connectivity index (χ1) is 7.54. The van der Waals surface area contributed by atoms with Crippen LogP contribution in [0.3, 0.4) is 0 Å². The maximum atomic E-state index is 6.05. The van der Waals surface area contributed by atoms with E-state index < -0.39 is 0 Å². The Kier molecular flexibility index (Phi) is 2.70. The summed E-state index contributed by atoms with van der Waals surface area (Å²) in [4.78, 5) is 0. The molecule has 3 N–H and O–H groups in total. The van der Waals surface area contributed by atoms with E-state index in [-0.39, 0.29) is 0 Å². The fraction of sp³-hybridized carbons (Fsp3) is 0.538. The van der Waals surface area contributed by atoms with Gasteiger partial charge >= 0.3 is 0 Å². The molecule has 1 aliphatic rings. The van der Waals surface area contributed by atoms with Crippen LogP contribution in [-0.4, -0.2) is 12.6 Å². The Balaban J connectivity index is 2.12. The van der Waals surface area contributed by atoms with Crippen molar-refractivity contribution in [1.29, 1.82) is 0 Å². The molecule has 2 rings (SSSR count).